The molecule has 0 spiro atoms. The Morgan fingerprint density at radius 3 is 2.47 bits per heavy atom. The molecule has 2 amide bonds. The smallest absolute Gasteiger partial charge is 0.317 e. The summed E-state index contributed by atoms with van der Waals surface area (Å²) in [6, 6.07) is 7.55. The van der Waals surface area contributed by atoms with Crippen LogP contribution < -0.4 is 20.4 Å². The summed E-state index contributed by atoms with van der Waals surface area (Å²) in [4.78, 5) is 32.4. The van der Waals surface area contributed by atoms with E-state index in [2.05, 4.69) is 40.7 Å². The summed E-state index contributed by atoms with van der Waals surface area (Å²) in [6.45, 7) is 8.36. The first kappa shape index (κ1) is 23.3. The Morgan fingerprint density at radius 1 is 1.09 bits per heavy atom. The molecule has 0 saturated carbocycles. The van der Waals surface area contributed by atoms with E-state index < -0.39 is 0 Å². The van der Waals surface area contributed by atoms with Gasteiger partial charge in [0.05, 0.1) is 6.04 Å². The van der Waals surface area contributed by atoms with Gasteiger partial charge in [-0.1, -0.05) is 6.07 Å². The zero-order valence-corrected chi connectivity index (χ0v) is 20.3. The summed E-state index contributed by atoms with van der Waals surface area (Å²) in [5, 5.41) is 13.4. The molecule has 1 aliphatic rings. The molecule has 0 aliphatic carbocycles. The predicted octanol–water partition coefficient (Wildman–Crippen LogP) is 2.61. The third-order valence-corrected chi connectivity index (χ3v) is 5.72. The van der Waals surface area contributed by atoms with Gasteiger partial charge in [0.2, 0.25) is 5.95 Å². The van der Waals surface area contributed by atoms with E-state index >= 15 is 0 Å². The summed E-state index contributed by atoms with van der Waals surface area (Å²) in [5.74, 6) is 2.94. The van der Waals surface area contributed by atoms with Crippen LogP contribution in [0.1, 0.15) is 29.9 Å². The van der Waals surface area contributed by atoms with Gasteiger partial charge < -0.3 is 25.3 Å². The number of rotatable bonds is 6. The van der Waals surface area contributed by atoms with Gasteiger partial charge in [-0.15, -0.1) is 0 Å². The molecule has 0 unspecified atom stereocenters. The first-order valence-corrected chi connectivity index (χ1v) is 11.4. The molecule has 3 N–H and O–H groups in total. The molecular formula is C23H32N10O. The average Bonchev–Trinajstić information content (AvgIpc) is 3.23. The van der Waals surface area contributed by atoms with E-state index in [4.69, 9.17) is 0 Å². The fourth-order valence-corrected chi connectivity index (χ4v) is 3.76. The van der Waals surface area contributed by atoms with Crippen LogP contribution in [0.5, 0.6) is 0 Å². The largest absolute Gasteiger partial charge is 0.363 e. The lowest BCUT2D eigenvalue weighted by Gasteiger charge is -2.35. The maximum atomic E-state index is 12.8. The number of piperazine rings is 1. The number of amides is 2. The SMILES string of the molecule is Cc1cc(Nc2cc(C)[nH]n2)nc(N2CCN(C(=O)N[C@H](C)c3ccc(N(C)C)nc3)CC2)n1. The Bertz CT molecular complexity index is 1120. The third-order valence-electron chi connectivity index (χ3n) is 5.72. The number of carbonyl (C=O) groups is 1. The van der Waals surface area contributed by atoms with Crippen molar-refractivity contribution in [2.45, 2.75) is 26.8 Å². The zero-order valence-electron chi connectivity index (χ0n) is 20.3. The first-order valence-electron chi connectivity index (χ1n) is 11.4. The summed E-state index contributed by atoms with van der Waals surface area (Å²) in [6.07, 6.45) is 1.81. The molecule has 0 bridgehead atoms. The van der Waals surface area contributed by atoms with E-state index in [1.807, 2.05) is 75.1 Å². The fraction of sp³-hybridized carbons (Fsp3) is 0.435. The molecule has 34 heavy (non-hydrogen) atoms. The number of nitrogens with zero attached hydrogens (tertiary/aromatic N) is 7. The number of aryl methyl sites for hydroxylation is 2. The molecule has 1 saturated heterocycles. The fourth-order valence-electron chi connectivity index (χ4n) is 3.76. The Balaban J connectivity index is 1.33. The summed E-state index contributed by atoms with van der Waals surface area (Å²) in [7, 11) is 3.90. The standard InChI is InChI=1S/C23H32N10O/c1-15-12-19(27-20-13-16(2)29-30-20)28-22(25-15)32-8-10-33(11-9-32)23(34)26-17(3)18-6-7-21(24-14-18)31(4)5/h6-7,12-14,17H,8-11H2,1-5H3,(H,26,34)(H2,25,27,28,29,30)/t17-/m1/s1. The Hall–Kier alpha value is -3.89. The lowest BCUT2D eigenvalue weighted by molar-refractivity contribution is 0.191. The van der Waals surface area contributed by atoms with E-state index in [0.717, 1.165) is 22.8 Å². The highest BCUT2D eigenvalue weighted by molar-refractivity contribution is 5.75. The number of H-pyrrole nitrogens is 1. The van der Waals surface area contributed by atoms with E-state index in [1.54, 1.807) is 0 Å². The highest BCUT2D eigenvalue weighted by Crippen LogP contribution is 2.20. The molecule has 3 aromatic rings. The second-order valence-corrected chi connectivity index (χ2v) is 8.75. The van der Waals surface area contributed by atoms with Gasteiger partial charge in [0.25, 0.3) is 0 Å². The second-order valence-electron chi connectivity index (χ2n) is 8.75. The van der Waals surface area contributed by atoms with Gasteiger partial charge in [0.1, 0.15) is 11.6 Å². The van der Waals surface area contributed by atoms with Crippen LogP contribution in [0.2, 0.25) is 0 Å². The molecule has 180 valence electrons. The lowest BCUT2D eigenvalue weighted by atomic mass is 10.1. The van der Waals surface area contributed by atoms with Crippen LogP contribution in [-0.4, -0.2) is 76.4 Å². The molecule has 1 aliphatic heterocycles. The third kappa shape index (κ3) is 5.53. The number of aromatic amines is 1. The first-order chi connectivity index (χ1) is 16.3. The van der Waals surface area contributed by atoms with Crippen LogP contribution in [0.15, 0.2) is 30.5 Å². The monoisotopic (exact) mass is 464 g/mol. The number of aromatic nitrogens is 5. The summed E-state index contributed by atoms with van der Waals surface area (Å²) in [5.41, 5.74) is 2.81. The number of urea groups is 1. The van der Waals surface area contributed by atoms with Crippen LogP contribution in [0.3, 0.4) is 0 Å². The Kier molecular flexibility index (Phi) is 6.80. The van der Waals surface area contributed by atoms with Crippen molar-refractivity contribution in [3.05, 3.63) is 47.4 Å². The van der Waals surface area contributed by atoms with E-state index in [1.165, 1.54) is 0 Å². The minimum atomic E-state index is -0.131. The normalized spacial score (nSPS) is 14.6. The number of anilines is 4. The Labute approximate surface area is 199 Å². The van der Waals surface area contributed by atoms with Crippen molar-refractivity contribution in [2.24, 2.45) is 0 Å². The quantitative estimate of drug-likeness (QED) is 0.510. The molecule has 11 heteroatoms. The summed E-state index contributed by atoms with van der Waals surface area (Å²) < 4.78 is 0. The molecule has 0 aromatic carbocycles. The second kappa shape index (κ2) is 9.94. The van der Waals surface area contributed by atoms with Crippen LogP contribution in [0, 0.1) is 13.8 Å². The van der Waals surface area contributed by atoms with Gasteiger partial charge in [-0.3, -0.25) is 5.10 Å². The van der Waals surface area contributed by atoms with Gasteiger partial charge in [0, 0.05) is 70.0 Å². The number of nitrogens with one attached hydrogen (secondary N) is 3. The summed E-state index contributed by atoms with van der Waals surface area (Å²) >= 11 is 0. The molecule has 1 fully saturated rings. The Morgan fingerprint density at radius 2 is 1.85 bits per heavy atom. The van der Waals surface area contributed by atoms with Crippen molar-refractivity contribution in [2.75, 3.05) is 55.4 Å². The average molecular weight is 465 g/mol. The number of carbonyl (C=O) groups excluding carboxylic acids is 1. The topological polar surface area (TPSA) is 118 Å². The maximum absolute atomic E-state index is 12.8. The van der Waals surface area contributed by atoms with E-state index in [-0.39, 0.29) is 12.1 Å². The molecule has 0 radical (unpaired) electrons. The molecule has 4 rings (SSSR count). The molecule has 1 atom stereocenters. The minimum absolute atomic E-state index is 0.0785. The molecule has 11 nitrogen and oxygen atoms in total. The molecule has 3 aromatic heterocycles. The van der Waals surface area contributed by atoms with Crippen molar-refractivity contribution in [3.8, 4) is 0 Å². The molecular weight excluding hydrogens is 432 g/mol. The van der Waals surface area contributed by atoms with Gasteiger partial charge in [-0.2, -0.15) is 10.1 Å². The lowest BCUT2D eigenvalue weighted by Crippen LogP contribution is -2.52. The van der Waals surface area contributed by atoms with Crippen molar-refractivity contribution < 1.29 is 4.79 Å². The van der Waals surface area contributed by atoms with E-state index in [9.17, 15) is 4.79 Å². The van der Waals surface area contributed by atoms with Crippen molar-refractivity contribution in [1.82, 2.24) is 35.4 Å². The highest BCUT2D eigenvalue weighted by Gasteiger charge is 2.24. The molecule has 4 heterocycles. The number of hydrogen-bond donors (Lipinski definition) is 3. The predicted molar refractivity (Wildman–Crippen MR) is 133 cm³/mol. The minimum Gasteiger partial charge on any atom is -0.363 e. The van der Waals surface area contributed by atoms with Crippen LogP contribution in [0.4, 0.5) is 28.2 Å². The van der Waals surface area contributed by atoms with Crippen LogP contribution in [-0.2, 0) is 0 Å². The van der Waals surface area contributed by atoms with Gasteiger partial charge in [0.15, 0.2) is 5.82 Å². The maximum Gasteiger partial charge on any atom is 0.317 e. The van der Waals surface area contributed by atoms with Gasteiger partial charge in [-0.05, 0) is 32.4 Å². The highest BCUT2D eigenvalue weighted by atomic mass is 16.2. The van der Waals surface area contributed by atoms with Crippen molar-refractivity contribution >= 4 is 29.4 Å². The van der Waals surface area contributed by atoms with Crippen molar-refractivity contribution in [3.63, 3.8) is 0 Å². The van der Waals surface area contributed by atoms with Crippen LogP contribution in [0.25, 0.3) is 0 Å². The van der Waals surface area contributed by atoms with Crippen LogP contribution >= 0.6 is 0 Å². The van der Waals surface area contributed by atoms with Gasteiger partial charge in [-0.25, -0.2) is 14.8 Å². The number of hydrogen-bond acceptors (Lipinski definition) is 8. The zero-order chi connectivity index (χ0) is 24.2. The van der Waals surface area contributed by atoms with Crippen molar-refractivity contribution in [1.29, 1.82) is 0 Å². The van der Waals surface area contributed by atoms with E-state index in [0.29, 0.717) is 43.8 Å². The van der Waals surface area contributed by atoms with Gasteiger partial charge >= 0.3 is 6.03 Å². The number of pyridine rings is 1.